The molecular weight excluding hydrogens is 426 g/mol. The molecule has 0 saturated carbocycles. The van der Waals surface area contributed by atoms with Crippen molar-refractivity contribution in [2.75, 3.05) is 13.1 Å². The van der Waals surface area contributed by atoms with E-state index in [2.05, 4.69) is 17.6 Å². The van der Waals surface area contributed by atoms with Crippen LogP contribution in [0.2, 0.25) is 0 Å². The van der Waals surface area contributed by atoms with Crippen LogP contribution in [-0.2, 0) is 4.74 Å². The summed E-state index contributed by atoms with van der Waals surface area (Å²) in [4.78, 5) is 18.5. The average Bonchev–Trinajstić information content (AvgIpc) is 3.24. The summed E-state index contributed by atoms with van der Waals surface area (Å²) in [6.07, 6.45) is 8.22. The van der Waals surface area contributed by atoms with Crippen molar-refractivity contribution >= 4 is 22.8 Å². The van der Waals surface area contributed by atoms with Crippen molar-refractivity contribution in [2.45, 2.75) is 60.5 Å². The Morgan fingerprint density at radius 2 is 2.00 bits per heavy atom. The minimum absolute atomic E-state index is 0.295. The number of oxazole rings is 1. The maximum absolute atomic E-state index is 12.2. The molecule has 0 radical (unpaired) electrons. The summed E-state index contributed by atoms with van der Waals surface area (Å²) in [5, 5.41) is 9.17. The zero-order valence-corrected chi connectivity index (χ0v) is 21.4. The third-order valence-corrected chi connectivity index (χ3v) is 5.10. The van der Waals surface area contributed by atoms with Crippen LogP contribution in [0.25, 0.3) is 16.7 Å². The second-order valence-electron chi connectivity index (χ2n) is 8.78. The lowest BCUT2D eigenvalue weighted by atomic mass is 10.00. The molecule has 1 aromatic heterocycles. The molecule has 2 aromatic rings. The fourth-order valence-corrected chi connectivity index (χ4v) is 3.43. The number of ether oxygens (including phenoxy) is 1. The minimum Gasteiger partial charge on any atom is -0.444 e. The predicted molar refractivity (Wildman–Crippen MR) is 137 cm³/mol. The molecule has 34 heavy (non-hydrogen) atoms. The highest BCUT2D eigenvalue weighted by Crippen LogP contribution is 2.27. The zero-order valence-electron chi connectivity index (χ0n) is 21.4. The third kappa shape index (κ3) is 6.71. The van der Waals surface area contributed by atoms with Gasteiger partial charge in [-0.25, -0.2) is 9.78 Å². The number of aryl methyl sites for hydroxylation is 1. The lowest BCUT2D eigenvalue weighted by molar-refractivity contribution is 0.0266. The highest BCUT2D eigenvalue weighted by Gasteiger charge is 2.23. The van der Waals surface area contributed by atoms with E-state index >= 15 is 0 Å². The number of carbonyl (C=O) groups excluding carboxylic acids is 1. The lowest BCUT2D eigenvalue weighted by Crippen LogP contribution is -2.39. The first-order valence-electron chi connectivity index (χ1n) is 11.6. The Hall–Kier alpha value is -3.59. The number of hydrogen-bond donors (Lipinski definition) is 0. The van der Waals surface area contributed by atoms with Crippen molar-refractivity contribution in [3.05, 3.63) is 71.2 Å². The van der Waals surface area contributed by atoms with Gasteiger partial charge in [0.2, 0.25) is 5.89 Å². The predicted octanol–water partition coefficient (Wildman–Crippen LogP) is 7.12. The minimum atomic E-state index is -0.504. The summed E-state index contributed by atoms with van der Waals surface area (Å²) < 4.78 is 11.4. The smallest absolute Gasteiger partial charge is 0.410 e. The van der Waals surface area contributed by atoms with Gasteiger partial charge in [-0.15, -0.1) is 0 Å². The molecule has 3 rings (SSSR count). The van der Waals surface area contributed by atoms with Gasteiger partial charge < -0.3 is 14.1 Å². The molecule has 2 heterocycles. The monoisotopic (exact) mass is 461 g/mol. The van der Waals surface area contributed by atoms with Crippen molar-refractivity contribution in [1.29, 1.82) is 5.26 Å². The number of fused-ring (bicyclic) bond motifs is 1. The van der Waals surface area contributed by atoms with Gasteiger partial charge in [-0.1, -0.05) is 38.7 Å². The van der Waals surface area contributed by atoms with Crippen LogP contribution in [-0.4, -0.2) is 34.7 Å². The summed E-state index contributed by atoms with van der Waals surface area (Å²) >= 11 is 0. The molecule has 0 aliphatic carbocycles. The van der Waals surface area contributed by atoms with Crippen molar-refractivity contribution in [1.82, 2.24) is 9.88 Å². The highest BCUT2D eigenvalue weighted by atomic mass is 16.6. The van der Waals surface area contributed by atoms with Gasteiger partial charge in [-0.3, -0.25) is 0 Å². The third-order valence-electron chi connectivity index (χ3n) is 5.10. The fourth-order valence-electron chi connectivity index (χ4n) is 3.43. The molecule has 180 valence electrons. The van der Waals surface area contributed by atoms with E-state index in [0.29, 0.717) is 42.1 Å². The molecule has 0 N–H and O–H groups in total. The Morgan fingerprint density at radius 3 is 2.56 bits per heavy atom. The summed E-state index contributed by atoms with van der Waals surface area (Å²) in [5.41, 5.74) is 5.09. The van der Waals surface area contributed by atoms with E-state index in [-0.39, 0.29) is 6.09 Å². The van der Waals surface area contributed by atoms with Crippen LogP contribution in [0.3, 0.4) is 0 Å². The summed E-state index contributed by atoms with van der Waals surface area (Å²) in [5.74, 6) is 0.499. The summed E-state index contributed by atoms with van der Waals surface area (Å²) in [6.45, 7) is 18.7. The molecule has 1 amide bonds. The maximum atomic E-state index is 12.2. The van der Waals surface area contributed by atoms with Gasteiger partial charge in [0.05, 0.1) is 11.6 Å². The van der Waals surface area contributed by atoms with Gasteiger partial charge in [0, 0.05) is 18.7 Å². The molecule has 1 aliphatic rings. The zero-order chi connectivity index (χ0) is 25.5. The topological polar surface area (TPSA) is 79.4 Å². The van der Waals surface area contributed by atoms with Crippen LogP contribution >= 0.6 is 0 Å². The Kier molecular flexibility index (Phi) is 9.03. The van der Waals surface area contributed by atoms with E-state index in [9.17, 15) is 10.1 Å². The maximum Gasteiger partial charge on any atom is 0.410 e. The molecule has 0 bridgehead atoms. The molecule has 0 unspecified atom stereocenters. The van der Waals surface area contributed by atoms with Gasteiger partial charge in [0.15, 0.2) is 5.58 Å². The number of amides is 1. The van der Waals surface area contributed by atoms with E-state index in [1.54, 1.807) is 17.0 Å². The second kappa shape index (κ2) is 11.5. The highest BCUT2D eigenvalue weighted by molar-refractivity contribution is 5.82. The van der Waals surface area contributed by atoms with Crippen LogP contribution in [0.1, 0.15) is 65.0 Å². The standard InChI is InChI=1S/C26H29N3O3.C2H6/c1-7-20(24-28-22-15-19(16-27)14-18(3)23(22)31-24)9-8-17(2)21-10-12-29(13-11-21)25(30)32-26(4,5)6;1-2/h7-10,14-15H,2,11-13H2,1,3-6H3;1-2H3/b9-8-,20-7+;. The van der Waals surface area contributed by atoms with Crippen molar-refractivity contribution in [3.8, 4) is 6.07 Å². The molecular formula is C28H35N3O3. The van der Waals surface area contributed by atoms with Crippen LogP contribution in [0, 0.1) is 18.3 Å². The Morgan fingerprint density at radius 1 is 1.29 bits per heavy atom. The SMILES string of the molecule is C=C(/C=C\C(=C/C)c1nc2cc(C#N)cc(C)c2o1)C1=CCN(C(=O)OC(C)(C)C)CC1.CC. The first kappa shape index (κ1) is 26.7. The molecule has 0 saturated heterocycles. The van der Waals surface area contributed by atoms with Gasteiger partial charge in [-0.05, 0) is 76.0 Å². The second-order valence-corrected chi connectivity index (χ2v) is 8.78. The van der Waals surface area contributed by atoms with E-state index < -0.39 is 5.60 Å². The number of rotatable bonds is 4. The fraction of sp³-hybridized carbons (Fsp3) is 0.393. The van der Waals surface area contributed by atoms with Gasteiger partial charge in [-0.2, -0.15) is 5.26 Å². The summed E-state index contributed by atoms with van der Waals surface area (Å²) in [7, 11) is 0. The Labute approximate surface area is 202 Å². The molecule has 1 aromatic carbocycles. The van der Waals surface area contributed by atoms with E-state index in [1.165, 1.54) is 0 Å². The number of nitriles is 1. The molecule has 1 aliphatic heterocycles. The lowest BCUT2D eigenvalue weighted by Gasteiger charge is -2.29. The first-order chi connectivity index (χ1) is 16.1. The van der Waals surface area contributed by atoms with Gasteiger partial charge >= 0.3 is 6.09 Å². The Bertz CT molecular complexity index is 1180. The first-order valence-corrected chi connectivity index (χ1v) is 11.6. The van der Waals surface area contributed by atoms with Crippen LogP contribution in [0.15, 0.2) is 58.6 Å². The normalized spacial score (nSPS) is 14.4. The van der Waals surface area contributed by atoms with E-state index in [4.69, 9.17) is 9.15 Å². The number of aromatic nitrogens is 1. The largest absolute Gasteiger partial charge is 0.444 e. The van der Waals surface area contributed by atoms with Crippen molar-refractivity contribution < 1.29 is 13.9 Å². The number of nitrogens with zero attached hydrogens (tertiary/aromatic N) is 3. The van der Waals surface area contributed by atoms with Gasteiger partial charge in [0.1, 0.15) is 11.1 Å². The van der Waals surface area contributed by atoms with Crippen molar-refractivity contribution in [2.24, 2.45) is 0 Å². The van der Waals surface area contributed by atoms with Crippen molar-refractivity contribution in [3.63, 3.8) is 0 Å². The molecule has 6 nitrogen and oxygen atoms in total. The average molecular weight is 462 g/mol. The molecule has 6 heteroatoms. The van der Waals surface area contributed by atoms with Crippen LogP contribution in [0.5, 0.6) is 0 Å². The van der Waals surface area contributed by atoms with Gasteiger partial charge in [0.25, 0.3) is 0 Å². The molecule has 0 spiro atoms. The van der Waals surface area contributed by atoms with E-state index in [1.807, 2.05) is 72.8 Å². The molecule has 0 atom stereocenters. The number of allylic oxidation sites excluding steroid dienone is 5. The van der Waals surface area contributed by atoms with Crippen LogP contribution < -0.4 is 0 Å². The number of benzene rings is 1. The number of hydrogen-bond acceptors (Lipinski definition) is 5. The number of carbonyl (C=O) groups is 1. The Balaban J connectivity index is 0.00000199. The quantitative estimate of drug-likeness (QED) is 0.453. The summed E-state index contributed by atoms with van der Waals surface area (Å²) in [6, 6.07) is 5.67. The molecule has 0 fully saturated rings. The van der Waals surface area contributed by atoms with Crippen LogP contribution in [0.4, 0.5) is 4.79 Å². The van der Waals surface area contributed by atoms with E-state index in [0.717, 1.165) is 22.3 Å².